The highest BCUT2D eigenvalue weighted by molar-refractivity contribution is 5.61. The molecule has 1 fully saturated rings. The van der Waals surface area contributed by atoms with Crippen LogP contribution in [0.3, 0.4) is 0 Å². The van der Waals surface area contributed by atoms with Crippen LogP contribution >= 0.6 is 0 Å². The molecular formula is C14H22N2O2. The van der Waals surface area contributed by atoms with E-state index in [9.17, 15) is 5.11 Å². The normalized spacial score (nSPS) is 16.3. The minimum atomic E-state index is 0.103. The summed E-state index contributed by atoms with van der Waals surface area (Å²) in [5, 5.41) is 12.6. The maximum atomic E-state index is 9.26. The maximum Gasteiger partial charge on any atom is 0.144 e. The molecule has 0 unspecified atom stereocenters. The number of ether oxygens (including phenoxy) is 1. The standard InChI is InChI=1S/C14H22N2O2/c1-2-7-18-13-8-11(3-4-12(13)15)16-9-14(10-17)5-6-14/h3-4,8,16-17H,2,5-7,9-10,15H2,1H3. The fourth-order valence-corrected chi connectivity index (χ4v) is 1.84. The Labute approximate surface area is 108 Å². The molecule has 0 aliphatic heterocycles. The van der Waals surface area contributed by atoms with Crippen molar-refractivity contribution in [3.8, 4) is 5.75 Å². The molecule has 0 atom stereocenters. The summed E-state index contributed by atoms with van der Waals surface area (Å²) in [6.45, 7) is 3.80. The second-order valence-corrected chi connectivity index (χ2v) is 5.11. The number of hydrogen-bond donors (Lipinski definition) is 3. The van der Waals surface area contributed by atoms with Gasteiger partial charge in [0.2, 0.25) is 0 Å². The molecule has 1 aliphatic rings. The largest absolute Gasteiger partial charge is 0.491 e. The van der Waals surface area contributed by atoms with Crippen LogP contribution in [0.1, 0.15) is 26.2 Å². The molecule has 0 amide bonds. The first-order valence-electron chi connectivity index (χ1n) is 6.56. The van der Waals surface area contributed by atoms with E-state index in [1.165, 1.54) is 0 Å². The SMILES string of the molecule is CCCOc1cc(NCC2(CO)CC2)ccc1N. The minimum Gasteiger partial charge on any atom is -0.491 e. The number of nitrogen functional groups attached to an aromatic ring is 1. The first-order valence-corrected chi connectivity index (χ1v) is 6.56. The van der Waals surface area contributed by atoms with Gasteiger partial charge in [0.1, 0.15) is 5.75 Å². The van der Waals surface area contributed by atoms with Gasteiger partial charge in [-0.1, -0.05) is 6.92 Å². The van der Waals surface area contributed by atoms with Crippen LogP contribution in [0.4, 0.5) is 11.4 Å². The Bertz CT molecular complexity index is 403. The summed E-state index contributed by atoms with van der Waals surface area (Å²) in [6, 6.07) is 5.73. The van der Waals surface area contributed by atoms with Crippen LogP contribution in [0.5, 0.6) is 5.75 Å². The van der Waals surface area contributed by atoms with Crippen LogP contribution in [-0.4, -0.2) is 24.9 Å². The molecule has 0 bridgehead atoms. The Morgan fingerprint density at radius 1 is 1.44 bits per heavy atom. The molecule has 1 aromatic rings. The lowest BCUT2D eigenvalue weighted by atomic mass is 10.1. The summed E-state index contributed by atoms with van der Waals surface area (Å²) in [5.41, 5.74) is 7.62. The quantitative estimate of drug-likeness (QED) is 0.649. The monoisotopic (exact) mass is 250 g/mol. The van der Waals surface area contributed by atoms with Gasteiger partial charge < -0.3 is 20.9 Å². The molecule has 1 aliphatic carbocycles. The number of anilines is 2. The fraction of sp³-hybridized carbons (Fsp3) is 0.571. The predicted molar refractivity (Wildman–Crippen MR) is 73.9 cm³/mol. The van der Waals surface area contributed by atoms with Crippen molar-refractivity contribution in [2.45, 2.75) is 26.2 Å². The molecule has 1 saturated carbocycles. The van der Waals surface area contributed by atoms with Gasteiger partial charge in [-0.25, -0.2) is 0 Å². The van der Waals surface area contributed by atoms with Gasteiger partial charge in [0, 0.05) is 23.7 Å². The van der Waals surface area contributed by atoms with Crippen LogP contribution < -0.4 is 15.8 Å². The summed E-state index contributed by atoms with van der Waals surface area (Å²) < 4.78 is 5.59. The van der Waals surface area contributed by atoms with Crippen LogP contribution in [0.2, 0.25) is 0 Å². The highest BCUT2D eigenvalue weighted by Crippen LogP contribution is 2.45. The van der Waals surface area contributed by atoms with Crippen molar-refractivity contribution in [3.05, 3.63) is 18.2 Å². The molecular weight excluding hydrogens is 228 g/mol. The van der Waals surface area contributed by atoms with E-state index in [0.717, 1.165) is 37.2 Å². The van der Waals surface area contributed by atoms with Crippen molar-refractivity contribution < 1.29 is 9.84 Å². The molecule has 4 heteroatoms. The molecule has 0 spiro atoms. The molecule has 18 heavy (non-hydrogen) atoms. The number of aliphatic hydroxyl groups excluding tert-OH is 1. The summed E-state index contributed by atoms with van der Waals surface area (Å²) in [5.74, 6) is 0.732. The lowest BCUT2D eigenvalue weighted by molar-refractivity contribution is 0.220. The molecule has 0 heterocycles. The summed E-state index contributed by atoms with van der Waals surface area (Å²) in [7, 11) is 0. The number of benzene rings is 1. The number of hydrogen-bond acceptors (Lipinski definition) is 4. The zero-order chi connectivity index (χ0) is 13.0. The minimum absolute atomic E-state index is 0.103. The second kappa shape index (κ2) is 5.48. The molecule has 0 aromatic heterocycles. The van der Waals surface area contributed by atoms with E-state index >= 15 is 0 Å². The molecule has 1 aromatic carbocycles. The van der Waals surface area contributed by atoms with E-state index < -0.39 is 0 Å². The Balaban J connectivity index is 1.96. The van der Waals surface area contributed by atoms with Crippen LogP contribution in [-0.2, 0) is 0 Å². The van der Waals surface area contributed by atoms with Crippen LogP contribution in [0.25, 0.3) is 0 Å². The number of nitrogens with one attached hydrogen (secondary N) is 1. The third-order valence-electron chi connectivity index (χ3n) is 3.44. The Hall–Kier alpha value is -1.42. The molecule has 4 nitrogen and oxygen atoms in total. The van der Waals surface area contributed by atoms with Gasteiger partial charge in [0.15, 0.2) is 0 Å². The number of aliphatic hydroxyl groups is 1. The highest BCUT2D eigenvalue weighted by atomic mass is 16.5. The lowest BCUT2D eigenvalue weighted by Gasteiger charge is -2.15. The van der Waals surface area contributed by atoms with Crippen LogP contribution in [0, 0.1) is 5.41 Å². The van der Waals surface area contributed by atoms with Crippen molar-refractivity contribution in [1.82, 2.24) is 0 Å². The highest BCUT2D eigenvalue weighted by Gasteiger charge is 2.41. The summed E-state index contributed by atoms with van der Waals surface area (Å²) >= 11 is 0. The van der Waals surface area contributed by atoms with Gasteiger partial charge in [0.05, 0.1) is 18.9 Å². The zero-order valence-corrected chi connectivity index (χ0v) is 10.9. The van der Waals surface area contributed by atoms with E-state index in [4.69, 9.17) is 10.5 Å². The van der Waals surface area contributed by atoms with E-state index in [-0.39, 0.29) is 12.0 Å². The summed E-state index contributed by atoms with van der Waals surface area (Å²) in [4.78, 5) is 0. The average Bonchev–Trinajstić information content (AvgIpc) is 3.17. The van der Waals surface area contributed by atoms with Gasteiger partial charge in [-0.2, -0.15) is 0 Å². The molecule has 100 valence electrons. The average molecular weight is 250 g/mol. The van der Waals surface area contributed by atoms with Gasteiger partial charge in [-0.3, -0.25) is 0 Å². The molecule has 0 radical (unpaired) electrons. The third kappa shape index (κ3) is 3.07. The van der Waals surface area contributed by atoms with Crippen molar-refractivity contribution >= 4 is 11.4 Å². The maximum absolute atomic E-state index is 9.26. The first-order chi connectivity index (χ1) is 8.69. The van der Waals surface area contributed by atoms with Crippen molar-refractivity contribution in [2.75, 3.05) is 30.8 Å². The Morgan fingerprint density at radius 3 is 2.83 bits per heavy atom. The van der Waals surface area contributed by atoms with E-state index in [1.807, 2.05) is 18.2 Å². The van der Waals surface area contributed by atoms with Gasteiger partial charge >= 0.3 is 0 Å². The zero-order valence-electron chi connectivity index (χ0n) is 10.9. The van der Waals surface area contributed by atoms with Crippen molar-refractivity contribution in [3.63, 3.8) is 0 Å². The van der Waals surface area contributed by atoms with E-state index in [2.05, 4.69) is 12.2 Å². The molecule has 0 saturated heterocycles. The number of nitrogens with two attached hydrogens (primary N) is 1. The van der Waals surface area contributed by atoms with Gasteiger partial charge in [-0.15, -0.1) is 0 Å². The van der Waals surface area contributed by atoms with Crippen LogP contribution in [0.15, 0.2) is 18.2 Å². The lowest BCUT2D eigenvalue weighted by Crippen LogP contribution is -2.19. The van der Waals surface area contributed by atoms with E-state index in [1.54, 1.807) is 0 Å². The fourth-order valence-electron chi connectivity index (χ4n) is 1.84. The predicted octanol–water partition coefficient (Wildman–Crippen LogP) is 2.24. The number of rotatable bonds is 7. The van der Waals surface area contributed by atoms with E-state index in [0.29, 0.717) is 12.3 Å². The van der Waals surface area contributed by atoms with Gasteiger partial charge in [-0.05, 0) is 31.4 Å². The topological polar surface area (TPSA) is 67.5 Å². The molecule has 4 N–H and O–H groups in total. The van der Waals surface area contributed by atoms with Crippen molar-refractivity contribution in [2.24, 2.45) is 5.41 Å². The van der Waals surface area contributed by atoms with Crippen molar-refractivity contribution in [1.29, 1.82) is 0 Å². The second-order valence-electron chi connectivity index (χ2n) is 5.11. The first kappa shape index (κ1) is 13.0. The third-order valence-corrected chi connectivity index (χ3v) is 3.44. The Morgan fingerprint density at radius 2 is 2.22 bits per heavy atom. The van der Waals surface area contributed by atoms with Gasteiger partial charge in [0.25, 0.3) is 0 Å². The summed E-state index contributed by atoms with van der Waals surface area (Å²) in [6.07, 6.45) is 3.17. The molecule has 2 rings (SSSR count). The smallest absolute Gasteiger partial charge is 0.144 e. The Kier molecular flexibility index (Phi) is 3.97.